The number of hydrogen-bond donors (Lipinski definition) is 0. The summed E-state index contributed by atoms with van der Waals surface area (Å²) in [6.45, 7) is 1.52. The van der Waals surface area contributed by atoms with Gasteiger partial charge in [-0.05, 0) is 37.0 Å². The zero-order valence-corrected chi connectivity index (χ0v) is 8.48. The lowest BCUT2D eigenvalue weighted by atomic mass is 9.80. The monoisotopic (exact) mass is 192 g/mol. The van der Waals surface area contributed by atoms with Crippen LogP contribution in [0.15, 0.2) is 12.2 Å². The van der Waals surface area contributed by atoms with Gasteiger partial charge >= 0.3 is 5.97 Å². The van der Waals surface area contributed by atoms with Crippen LogP contribution in [-0.2, 0) is 9.53 Å². The van der Waals surface area contributed by atoms with Crippen LogP contribution in [0.4, 0.5) is 0 Å². The Labute approximate surface area is 84.3 Å². The van der Waals surface area contributed by atoms with Crippen LogP contribution in [0.5, 0.6) is 0 Å². The summed E-state index contributed by atoms with van der Waals surface area (Å²) in [5.41, 5.74) is 0. The number of ether oxygens (including phenoxy) is 1. The zero-order valence-electron chi connectivity index (χ0n) is 8.48. The molecule has 2 bridgehead atoms. The van der Waals surface area contributed by atoms with Crippen LogP contribution in [0.1, 0.15) is 26.2 Å². The largest absolute Gasteiger partial charge is 0.462 e. The molecule has 2 fully saturated rings. The topological polar surface area (TPSA) is 26.3 Å². The molecule has 3 aliphatic carbocycles. The van der Waals surface area contributed by atoms with Gasteiger partial charge in [0.1, 0.15) is 6.10 Å². The minimum atomic E-state index is -0.110. The van der Waals surface area contributed by atoms with Gasteiger partial charge in [0.25, 0.3) is 0 Å². The first-order valence-electron chi connectivity index (χ1n) is 5.59. The molecule has 0 heterocycles. The molecule has 0 N–H and O–H groups in total. The molecular formula is C12H16O2. The lowest BCUT2D eigenvalue weighted by molar-refractivity contribution is -0.149. The van der Waals surface area contributed by atoms with Crippen molar-refractivity contribution >= 4 is 5.97 Å². The highest BCUT2D eigenvalue weighted by Crippen LogP contribution is 2.57. The normalized spacial score (nSPS) is 48.2. The Morgan fingerprint density at radius 1 is 1.36 bits per heavy atom. The molecule has 0 aliphatic heterocycles. The summed E-state index contributed by atoms with van der Waals surface area (Å²) in [6.07, 6.45) is 8.56. The van der Waals surface area contributed by atoms with Crippen LogP contribution < -0.4 is 0 Å². The average Bonchev–Trinajstić information content (AvgIpc) is 2.68. The molecule has 2 saturated carbocycles. The van der Waals surface area contributed by atoms with E-state index < -0.39 is 0 Å². The molecule has 2 heteroatoms. The minimum absolute atomic E-state index is 0.110. The van der Waals surface area contributed by atoms with Crippen LogP contribution in [0.25, 0.3) is 0 Å². The molecule has 0 aromatic rings. The molecule has 76 valence electrons. The van der Waals surface area contributed by atoms with E-state index >= 15 is 0 Å². The van der Waals surface area contributed by atoms with E-state index in [0.29, 0.717) is 5.92 Å². The Bertz CT molecular complexity index is 295. The predicted octanol–water partition coefficient (Wildman–Crippen LogP) is 2.15. The quantitative estimate of drug-likeness (QED) is 0.470. The number of hydrogen-bond acceptors (Lipinski definition) is 2. The van der Waals surface area contributed by atoms with Gasteiger partial charge in [0, 0.05) is 12.8 Å². The van der Waals surface area contributed by atoms with E-state index in [9.17, 15) is 4.79 Å². The van der Waals surface area contributed by atoms with Crippen LogP contribution in [0, 0.1) is 23.7 Å². The average molecular weight is 192 g/mol. The Morgan fingerprint density at radius 2 is 2.21 bits per heavy atom. The van der Waals surface area contributed by atoms with Gasteiger partial charge in [-0.3, -0.25) is 4.79 Å². The Kier molecular flexibility index (Phi) is 1.73. The van der Waals surface area contributed by atoms with E-state index in [1.165, 1.54) is 19.8 Å². The van der Waals surface area contributed by atoms with Crippen molar-refractivity contribution in [2.45, 2.75) is 32.3 Å². The van der Waals surface area contributed by atoms with Crippen LogP contribution in [0.2, 0.25) is 0 Å². The van der Waals surface area contributed by atoms with Gasteiger partial charge in [-0.1, -0.05) is 12.2 Å². The van der Waals surface area contributed by atoms with Gasteiger partial charge in [0.05, 0.1) is 0 Å². The molecule has 0 saturated heterocycles. The maximum atomic E-state index is 10.9. The van der Waals surface area contributed by atoms with Crippen molar-refractivity contribution < 1.29 is 9.53 Å². The van der Waals surface area contributed by atoms with Gasteiger partial charge < -0.3 is 4.74 Å². The maximum Gasteiger partial charge on any atom is 0.302 e. The third kappa shape index (κ3) is 1.06. The SMILES string of the molecule is CC(=O)O[C@H]1CC2CC1[C@H]1C=CC[C@@H]21. The van der Waals surface area contributed by atoms with Crippen molar-refractivity contribution in [2.75, 3.05) is 0 Å². The lowest BCUT2D eigenvalue weighted by Crippen LogP contribution is -2.31. The highest BCUT2D eigenvalue weighted by molar-refractivity contribution is 5.66. The van der Waals surface area contributed by atoms with Crippen LogP contribution in [0.3, 0.4) is 0 Å². The fourth-order valence-corrected chi connectivity index (χ4v) is 3.83. The predicted molar refractivity (Wildman–Crippen MR) is 52.5 cm³/mol. The smallest absolute Gasteiger partial charge is 0.302 e. The zero-order chi connectivity index (χ0) is 9.71. The van der Waals surface area contributed by atoms with Crippen molar-refractivity contribution in [3.8, 4) is 0 Å². The molecule has 2 unspecified atom stereocenters. The van der Waals surface area contributed by atoms with Gasteiger partial charge in [-0.15, -0.1) is 0 Å². The first-order valence-corrected chi connectivity index (χ1v) is 5.59. The molecule has 0 spiro atoms. The van der Waals surface area contributed by atoms with Crippen molar-refractivity contribution in [1.29, 1.82) is 0 Å². The second-order valence-corrected chi connectivity index (χ2v) is 4.95. The highest BCUT2D eigenvalue weighted by Gasteiger charge is 2.53. The van der Waals surface area contributed by atoms with E-state index in [1.54, 1.807) is 0 Å². The number of esters is 1. The Morgan fingerprint density at radius 3 is 3.00 bits per heavy atom. The Hall–Kier alpha value is -0.790. The second-order valence-electron chi connectivity index (χ2n) is 4.95. The van der Waals surface area contributed by atoms with Gasteiger partial charge in [-0.25, -0.2) is 0 Å². The number of allylic oxidation sites excluding steroid dienone is 2. The summed E-state index contributed by atoms with van der Waals surface area (Å²) < 4.78 is 5.38. The number of carbonyl (C=O) groups is 1. The minimum Gasteiger partial charge on any atom is -0.462 e. The Balaban J connectivity index is 1.76. The van der Waals surface area contributed by atoms with E-state index in [4.69, 9.17) is 4.74 Å². The highest BCUT2D eigenvalue weighted by atomic mass is 16.5. The van der Waals surface area contributed by atoms with Crippen molar-refractivity contribution in [2.24, 2.45) is 23.7 Å². The van der Waals surface area contributed by atoms with E-state index in [0.717, 1.165) is 24.2 Å². The molecule has 3 rings (SSSR count). The molecule has 14 heavy (non-hydrogen) atoms. The fraction of sp³-hybridized carbons (Fsp3) is 0.750. The number of fused-ring (bicyclic) bond motifs is 5. The van der Waals surface area contributed by atoms with E-state index in [-0.39, 0.29) is 12.1 Å². The fourth-order valence-electron chi connectivity index (χ4n) is 3.83. The summed E-state index contributed by atoms with van der Waals surface area (Å²) in [6, 6.07) is 0. The molecule has 2 nitrogen and oxygen atoms in total. The third-order valence-corrected chi connectivity index (χ3v) is 4.27. The van der Waals surface area contributed by atoms with E-state index in [1.807, 2.05) is 0 Å². The summed E-state index contributed by atoms with van der Waals surface area (Å²) >= 11 is 0. The van der Waals surface area contributed by atoms with Crippen LogP contribution >= 0.6 is 0 Å². The van der Waals surface area contributed by atoms with Crippen molar-refractivity contribution in [3.63, 3.8) is 0 Å². The molecule has 5 atom stereocenters. The van der Waals surface area contributed by atoms with Gasteiger partial charge in [0.2, 0.25) is 0 Å². The third-order valence-electron chi connectivity index (χ3n) is 4.27. The second kappa shape index (κ2) is 2.85. The summed E-state index contributed by atoms with van der Waals surface area (Å²) in [7, 11) is 0. The van der Waals surface area contributed by atoms with E-state index in [2.05, 4.69) is 12.2 Å². The first kappa shape index (κ1) is 8.51. The molecule has 0 radical (unpaired) electrons. The first-order chi connectivity index (χ1) is 6.75. The summed E-state index contributed by atoms with van der Waals surface area (Å²) in [5.74, 6) is 2.95. The number of rotatable bonds is 1. The molecule has 0 amide bonds. The molecular weight excluding hydrogens is 176 g/mol. The number of carbonyl (C=O) groups excluding carboxylic acids is 1. The maximum absolute atomic E-state index is 10.9. The molecule has 3 aliphatic rings. The summed E-state index contributed by atoms with van der Waals surface area (Å²) in [5, 5.41) is 0. The van der Waals surface area contributed by atoms with Crippen molar-refractivity contribution in [3.05, 3.63) is 12.2 Å². The molecule has 0 aromatic carbocycles. The van der Waals surface area contributed by atoms with Gasteiger partial charge in [-0.2, -0.15) is 0 Å². The van der Waals surface area contributed by atoms with Gasteiger partial charge in [0.15, 0.2) is 0 Å². The van der Waals surface area contributed by atoms with Crippen molar-refractivity contribution in [1.82, 2.24) is 0 Å². The lowest BCUT2D eigenvalue weighted by Gasteiger charge is -2.30. The standard InChI is InChI=1S/C12H16O2/c1-7(13)14-12-6-8-5-11(12)10-4-2-3-9(8)10/h2,4,8-12H,3,5-6H2,1H3/t8?,9-,10-,11?,12-/m0/s1. The molecule has 0 aromatic heterocycles. The van der Waals surface area contributed by atoms with Crippen LogP contribution in [-0.4, -0.2) is 12.1 Å². The summed E-state index contributed by atoms with van der Waals surface area (Å²) in [4.78, 5) is 10.9.